The van der Waals surface area contributed by atoms with Gasteiger partial charge in [-0.2, -0.15) is 0 Å². The molecule has 130 valence electrons. The molecule has 24 heavy (non-hydrogen) atoms. The fraction of sp³-hybridized carbons (Fsp3) is 0.611. The summed E-state index contributed by atoms with van der Waals surface area (Å²) in [7, 11) is 0. The SMILES string of the molecule is O=C(Nc1ccc2c(c1)CCO2)[C@@H]1CC[C@H](CN2CCOCC2)O1. The third-order valence-electron chi connectivity index (χ3n) is 4.92. The molecule has 4 rings (SSSR count). The maximum absolute atomic E-state index is 12.5. The average Bonchev–Trinajstić information content (AvgIpc) is 3.24. The van der Waals surface area contributed by atoms with Crippen molar-refractivity contribution < 1.29 is 19.0 Å². The zero-order valence-electron chi connectivity index (χ0n) is 13.8. The summed E-state index contributed by atoms with van der Waals surface area (Å²) in [6, 6.07) is 5.82. The molecule has 0 radical (unpaired) electrons. The van der Waals surface area contributed by atoms with Gasteiger partial charge < -0.3 is 19.5 Å². The highest BCUT2D eigenvalue weighted by Crippen LogP contribution is 2.28. The number of amides is 1. The highest BCUT2D eigenvalue weighted by Gasteiger charge is 2.32. The van der Waals surface area contributed by atoms with Crippen LogP contribution in [0.5, 0.6) is 5.75 Å². The third kappa shape index (κ3) is 3.55. The van der Waals surface area contributed by atoms with E-state index in [4.69, 9.17) is 14.2 Å². The number of nitrogens with zero attached hydrogens (tertiary/aromatic N) is 1. The van der Waals surface area contributed by atoms with E-state index in [-0.39, 0.29) is 18.1 Å². The first-order valence-electron chi connectivity index (χ1n) is 8.80. The van der Waals surface area contributed by atoms with Gasteiger partial charge in [0, 0.05) is 31.7 Å². The van der Waals surface area contributed by atoms with Gasteiger partial charge in [-0.15, -0.1) is 0 Å². The van der Waals surface area contributed by atoms with E-state index in [1.54, 1.807) is 0 Å². The molecule has 0 bridgehead atoms. The molecule has 6 heteroatoms. The first-order valence-corrected chi connectivity index (χ1v) is 8.80. The highest BCUT2D eigenvalue weighted by atomic mass is 16.5. The van der Waals surface area contributed by atoms with Crippen molar-refractivity contribution in [2.24, 2.45) is 0 Å². The minimum absolute atomic E-state index is 0.0432. The summed E-state index contributed by atoms with van der Waals surface area (Å²) >= 11 is 0. The lowest BCUT2D eigenvalue weighted by Crippen LogP contribution is -2.41. The molecule has 1 aromatic carbocycles. The molecule has 3 heterocycles. The zero-order chi connectivity index (χ0) is 16.4. The van der Waals surface area contributed by atoms with Gasteiger partial charge in [0.2, 0.25) is 0 Å². The van der Waals surface area contributed by atoms with Crippen molar-refractivity contribution in [3.05, 3.63) is 23.8 Å². The number of hydrogen-bond acceptors (Lipinski definition) is 5. The Labute approximate surface area is 142 Å². The second-order valence-corrected chi connectivity index (χ2v) is 6.65. The quantitative estimate of drug-likeness (QED) is 0.904. The van der Waals surface area contributed by atoms with Crippen molar-refractivity contribution in [1.29, 1.82) is 0 Å². The summed E-state index contributed by atoms with van der Waals surface area (Å²) in [5.41, 5.74) is 1.98. The Morgan fingerprint density at radius 3 is 2.96 bits per heavy atom. The topological polar surface area (TPSA) is 60.0 Å². The summed E-state index contributed by atoms with van der Waals surface area (Å²) in [5.74, 6) is 0.883. The van der Waals surface area contributed by atoms with Gasteiger partial charge in [0.05, 0.1) is 25.9 Å². The number of morpholine rings is 1. The van der Waals surface area contributed by atoms with Crippen LogP contribution in [0.2, 0.25) is 0 Å². The zero-order valence-corrected chi connectivity index (χ0v) is 13.8. The number of nitrogens with one attached hydrogen (secondary N) is 1. The second kappa shape index (κ2) is 7.09. The van der Waals surface area contributed by atoms with E-state index in [1.807, 2.05) is 18.2 Å². The highest BCUT2D eigenvalue weighted by molar-refractivity contribution is 5.94. The number of rotatable bonds is 4. The van der Waals surface area contributed by atoms with Crippen molar-refractivity contribution in [3.63, 3.8) is 0 Å². The molecule has 2 atom stereocenters. The van der Waals surface area contributed by atoms with E-state index in [0.717, 1.165) is 75.7 Å². The molecule has 3 aliphatic heterocycles. The third-order valence-corrected chi connectivity index (χ3v) is 4.92. The Balaban J connectivity index is 1.29. The summed E-state index contributed by atoms with van der Waals surface area (Å²) in [6.07, 6.45) is 2.43. The molecule has 0 aromatic heterocycles. The number of ether oxygens (including phenoxy) is 3. The number of benzene rings is 1. The van der Waals surface area contributed by atoms with E-state index < -0.39 is 0 Å². The van der Waals surface area contributed by atoms with Crippen molar-refractivity contribution in [1.82, 2.24) is 4.90 Å². The van der Waals surface area contributed by atoms with Crippen molar-refractivity contribution in [3.8, 4) is 5.75 Å². The standard InChI is InChI=1S/C18H24N2O4/c21-18(19-14-1-3-16-13(11-14)5-8-23-16)17-4-2-15(24-17)12-20-6-9-22-10-7-20/h1,3,11,15,17H,2,4-10,12H2,(H,19,21)/t15-,17+/m1/s1. The molecule has 0 aliphatic carbocycles. The molecule has 2 fully saturated rings. The maximum Gasteiger partial charge on any atom is 0.253 e. The fourth-order valence-electron chi connectivity index (χ4n) is 3.59. The predicted octanol–water partition coefficient (Wildman–Crippen LogP) is 1.44. The molecule has 0 spiro atoms. The lowest BCUT2D eigenvalue weighted by Gasteiger charge is -2.28. The van der Waals surface area contributed by atoms with Crippen LogP contribution in [0, 0.1) is 0 Å². The molecule has 3 aliphatic rings. The molecule has 1 aromatic rings. The van der Waals surface area contributed by atoms with Gasteiger partial charge in [-0.3, -0.25) is 9.69 Å². The minimum atomic E-state index is -0.347. The van der Waals surface area contributed by atoms with Gasteiger partial charge >= 0.3 is 0 Å². The minimum Gasteiger partial charge on any atom is -0.493 e. The smallest absolute Gasteiger partial charge is 0.253 e. The molecule has 1 amide bonds. The number of carbonyl (C=O) groups excluding carboxylic acids is 1. The molecular weight excluding hydrogens is 308 g/mol. The van der Waals surface area contributed by atoms with Crippen LogP contribution in [0.3, 0.4) is 0 Å². The van der Waals surface area contributed by atoms with Gasteiger partial charge in [-0.1, -0.05) is 0 Å². The summed E-state index contributed by atoms with van der Waals surface area (Å²) < 4.78 is 16.8. The van der Waals surface area contributed by atoms with Crippen LogP contribution in [0.4, 0.5) is 5.69 Å². The summed E-state index contributed by atoms with van der Waals surface area (Å²) in [4.78, 5) is 14.8. The van der Waals surface area contributed by atoms with Crippen molar-refractivity contribution in [2.45, 2.75) is 31.5 Å². The second-order valence-electron chi connectivity index (χ2n) is 6.65. The summed E-state index contributed by atoms with van der Waals surface area (Å²) in [6.45, 7) is 5.10. The Morgan fingerprint density at radius 1 is 1.21 bits per heavy atom. The van der Waals surface area contributed by atoms with Crippen molar-refractivity contribution in [2.75, 3.05) is 44.8 Å². The molecule has 0 saturated carbocycles. The van der Waals surface area contributed by atoms with E-state index >= 15 is 0 Å². The molecular formula is C18H24N2O4. The van der Waals surface area contributed by atoms with Crippen LogP contribution in [-0.2, 0) is 20.7 Å². The Morgan fingerprint density at radius 2 is 2.08 bits per heavy atom. The van der Waals surface area contributed by atoms with Crippen LogP contribution in [0.1, 0.15) is 18.4 Å². The first kappa shape index (κ1) is 15.9. The Kier molecular flexibility index (Phi) is 4.69. The Hall–Kier alpha value is -1.63. The van der Waals surface area contributed by atoms with Gasteiger partial charge in [0.1, 0.15) is 11.9 Å². The normalized spacial score (nSPS) is 26.8. The van der Waals surface area contributed by atoms with Crippen LogP contribution >= 0.6 is 0 Å². The lowest BCUT2D eigenvalue weighted by atomic mass is 10.1. The van der Waals surface area contributed by atoms with Gasteiger partial charge in [-0.05, 0) is 36.6 Å². The molecule has 6 nitrogen and oxygen atoms in total. The molecule has 1 N–H and O–H groups in total. The Bertz CT molecular complexity index is 601. The van der Waals surface area contributed by atoms with Gasteiger partial charge in [0.15, 0.2) is 0 Å². The maximum atomic E-state index is 12.5. The molecule has 2 saturated heterocycles. The average molecular weight is 332 g/mol. The fourth-order valence-corrected chi connectivity index (χ4v) is 3.59. The van der Waals surface area contributed by atoms with E-state index in [0.29, 0.717) is 0 Å². The van der Waals surface area contributed by atoms with Crippen LogP contribution in [0.15, 0.2) is 18.2 Å². The monoisotopic (exact) mass is 332 g/mol. The molecule has 0 unspecified atom stereocenters. The van der Waals surface area contributed by atoms with Crippen molar-refractivity contribution >= 4 is 11.6 Å². The number of fused-ring (bicyclic) bond motifs is 1. The van der Waals surface area contributed by atoms with Gasteiger partial charge in [-0.25, -0.2) is 0 Å². The van der Waals surface area contributed by atoms with Crippen LogP contribution in [-0.4, -0.2) is 62.5 Å². The van der Waals surface area contributed by atoms with E-state index in [1.165, 1.54) is 0 Å². The number of hydrogen-bond donors (Lipinski definition) is 1. The number of carbonyl (C=O) groups is 1. The largest absolute Gasteiger partial charge is 0.493 e. The number of anilines is 1. The predicted molar refractivity (Wildman–Crippen MR) is 89.4 cm³/mol. The summed E-state index contributed by atoms with van der Waals surface area (Å²) in [5, 5.41) is 2.98. The first-order chi connectivity index (χ1) is 11.8. The van der Waals surface area contributed by atoms with E-state index in [9.17, 15) is 4.79 Å². The lowest BCUT2D eigenvalue weighted by molar-refractivity contribution is -0.127. The van der Waals surface area contributed by atoms with E-state index in [2.05, 4.69) is 10.2 Å². The van der Waals surface area contributed by atoms with Gasteiger partial charge in [0.25, 0.3) is 5.91 Å². The van der Waals surface area contributed by atoms with Crippen LogP contribution in [0.25, 0.3) is 0 Å². The van der Waals surface area contributed by atoms with Crippen LogP contribution < -0.4 is 10.1 Å².